The fraction of sp³-hybridized carbons (Fsp3) is 0.462. The van der Waals surface area contributed by atoms with Crippen LogP contribution >= 0.6 is 0 Å². The second-order valence-corrected chi connectivity index (χ2v) is 5.29. The minimum absolute atomic E-state index is 0.0419. The summed E-state index contributed by atoms with van der Waals surface area (Å²) in [6.07, 6.45) is 3.20. The molecule has 1 aliphatic carbocycles. The van der Waals surface area contributed by atoms with E-state index in [1.807, 2.05) is 0 Å². The van der Waals surface area contributed by atoms with E-state index < -0.39 is 4.92 Å². The summed E-state index contributed by atoms with van der Waals surface area (Å²) in [5.41, 5.74) is 5.50. The highest BCUT2D eigenvalue weighted by molar-refractivity contribution is 6.00. The van der Waals surface area contributed by atoms with Crippen molar-refractivity contribution in [3.8, 4) is 0 Å². The number of anilines is 1. The van der Waals surface area contributed by atoms with E-state index in [4.69, 9.17) is 5.73 Å². The molecule has 2 aliphatic rings. The van der Waals surface area contributed by atoms with Gasteiger partial charge in [0.25, 0.3) is 5.91 Å². The smallest absolute Gasteiger partial charge is 0.304 e. The van der Waals surface area contributed by atoms with E-state index >= 15 is 0 Å². The SMILES string of the molecule is Nc1cccc(C(=O)N2CC3CCC2C3)c1[N+](=O)[O-]. The quantitative estimate of drug-likeness (QED) is 0.499. The summed E-state index contributed by atoms with van der Waals surface area (Å²) in [7, 11) is 0. The van der Waals surface area contributed by atoms with Crippen LogP contribution in [0.3, 0.4) is 0 Å². The molecule has 0 radical (unpaired) electrons. The number of benzene rings is 1. The molecule has 1 aliphatic heterocycles. The van der Waals surface area contributed by atoms with Crippen molar-refractivity contribution in [2.45, 2.75) is 25.3 Å². The minimum Gasteiger partial charge on any atom is -0.393 e. The van der Waals surface area contributed by atoms with Gasteiger partial charge in [0, 0.05) is 12.6 Å². The van der Waals surface area contributed by atoms with E-state index in [2.05, 4.69) is 0 Å². The van der Waals surface area contributed by atoms with Crippen LogP contribution in [0.5, 0.6) is 0 Å². The van der Waals surface area contributed by atoms with Gasteiger partial charge in [-0.05, 0) is 37.3 Å². The zero-order valence-electron chi connectivity index (χ0n) is 10.4. The first kappa shape index (κ1) is 12.0. The molecule has 2 N–H and O–H groups in total. The summed E-state index contributed by atoms with van der Waals surface area (Å²) in [6.45, 7) is 0.718. The normalized spacial score (nSPS) is 24.7. The molecule has 2 fully saturated rings. The van der Waals surface area contributed by atoms with E-state index in [0.717, 1.165) is 25.8 Å². The predicted molar refractivity (Wildman–Crippen MR) is 69.7 cm³/mol. The molecule has 6 nitrogen and oxygen atoms in total. The molecule has 1 saturated heterocycles. The lowest BCUT2D eigenvalue weighted by Gasteiger charge is -2.27. The molecule has 0 aromatic heterocycles. The van der Waals surface area contributed by atoms with Gasteiger partial charge in [-0.3, -0.25) is 14.9 Å². The number of rotatable bonds is 2. The number of carbonyl (C=O) groups is 1. The maximum absolute atomic E-state index is 12.5. The van der Waals surface area contributed by atoms with Crippen LogP contribution in [0.1, 0.15) is 29.6 Å². The van der Waals surface area contributed by atoms with Crippen LogP contribution < -0.4 is 5.73 Å². The van der Waals surface area contributed by atoms with Gasteiger partial charge < -0.3 is 10.6 Å². The Hall–Kier alpha value is -2.11. The standard InChI is InChI=1S/C13H15N3O3/c14-11-3-1-2-10(12(11)16(18)19)13(17)15-7-8-4-5-9(15)6-8/h1-3,8-9H,4-7,14H2. The summed E-state index contributed by atoms with van der Waals surface area (Å²) in [5, 5.41) is 11.1. The Labute approximate surface area is 110 Å². The highest BCUT2D eigenvalue weighted by Gasteiger charge is 2.41. The summed E-state index contributed by atoms with van der Waals surface area (Å²) in [5.74, 6) is 0.306. The predicted octanol–water partition coefficient (Wildman–Crippen LogP) is 1.80. The third kappa shape index (κ3) is 1.83. The van der Waals surface area contributed by atoms with E-state index in [1.54, 1.807) is 11.0 Å². The number of nitro benzene ring substituents is 1. The lowest BCUT2D eigenvalue weighted by atomic mass is 10.1. The van der Waals surface area contributed by atoms with Crippen molar-refractivity contribution < 1.29 is 9.72 Å². The van der Waals surface area contributed by atoms with Gasteiger partial charge in [0.05, 0.1) is 4.92 Å². The number of nitrogens with zero attached hydrogens (tertiary/aromatic N) is 2. The Balaban J connectivity index is 1.96. The summed E-state index contributed by atoms with van der Waals surface area (Å²) >= 11 is 0. The Morgan fingerprint density at radius 1 is 1.42 bits per heavy atom. The molecule has 1 aromatic rings. The van der Waals surface area contributed by atoms with E-state index in [0.29, 0.717) is 5.92 Å². The second-order valence-electron chi connectivity index (χ2n) is 5.29. The Kier molecular flexibility index (Phi) is 2.66. The van der Waals surface area contributed by atoms with E-state index in [1.165, 1.54) is 12.1 Å². The molecule has 6 heteroatoms. The van der Waals surface area contributed by atoms with Crippen LogP contribution in [0.15, 0.2) is 18.2 Å². The minimum atomic E-state index is -0.573. The number of carbonyl (C=O) groups excluding carboxylic acids is 1. The number of piperidine rings is 1. The third-order valence-electron chi connectivity index (χ3n) is 4.15. The van der Waals surface area contributed by atoms with Gasteiger partial charge in [0.1, 0.15) is 11.3 Å². The van der Waals surface area contributed by atoms with Crippen LogP contribution in [-0.2, 0) is 0 Å². The molecule has 3 rings (SSSR count). The molecule has 1 saturated carbocycles. The van der Waals surface area contributed by atoms with Crippen molar-refractivity contribution in [3.63, 3.8) is 0 Å². The molecular weight excluding hydrogens is 246 g/mol. The van der Waals surface area contributed by atoms with Crippen molar-refractivity contribution in [1.29, 1.82) is 0 Å². The molecule has 1 heterocycles. The number of hydrogen-bond donors (Lipinski definition) is 1. The molecule has 2 atom stereocenters. The Bertz CT molecular complexity index is 558. The third-order valence-corrected chi connectivity index (χ3v) is 4.15. The number of likely N-dealkylation sites (tertiary alicyclic amines) is 1. The number of para-hydroxylation sites is 1. The molecule has 0 spiro atoms. The summed E-state index contributed by atoms with van der Waals surface area (Å²) in [4.78, 5) is 24.8. The van der Waals surface area contributed by atoms with Gasteiger partial charge in [0.2, 0.25) is 0 Å². The zero-order valence-corrected chi connectivity index (χ0v) is 10.4. The monoisotopic (exact) mass is 261 g/mol. The van der Waals surface area contributed by atoms with Crippen LogP contribution in [0, 0.1) is 16.0 Å². The number of nitrogens with two attached hydrogens (primary N) is 1. The topological polar surface area (TPSA) is 89.5 Å². The van der Waals surface area contributed by atoms with Crippen LogP contribution in [0.2, 0.25) is 0 Å². The highest BCUT2D eigenvalue weighted by Crippen LogP contribution is 2.39. The number of amides is 1. The number of fused-ring (bicyclic) bond motifs is 2. The lowest BCUT2D eigenvalue weighted by molar-refractivity contribution is -0.384. The van der Waals surface area contributed by atoms with Gasteiger partial charge in [-0.1, -0.05) is 6.07 Å². The summed E-state index contributed by atoms with van der Waals surface area (Å²) < 4.78 is 0. The average molecular weight is 261 g/mol. The molecular formula is C13H15N3O3. The van der Waals surface area contributed by atoms with Gasteiger partial charge >= 0.3 is 5.69 Å². The first-order valence-electron chi connectivity index (χ1n) is 6.41. The second kappa shape index (κ2) is 4.22. The highest BCUT2D eigenvalue weighted by atomic mass is 16.6. The van der Waals surface area contributed by atoms with Crippen molar-refractivity contribution in [2.75, 3.05) is 12.3 Å². The number of hydrogen-bond acceptors (Lipinski definition) is 4. The molecule has 100 valence electrons. The Morgan fingerprint density at radius 3 is 2.79 bits per heavy atom. The van der Waals surface area contributed by atoms with Crippen LogP contribution in [-0.4, -0.2) is 28.3 Å². The largest absolute Gasteiger partial charge is 0.393 e. The first-order valence-corrected chi connectivity index (χ1v) is 6.41. The molecule has 2 unspecified atom stereocenters. The van der Waals surface area contributed by atoms with Crippen LogP contribution in [0.25, 0.3) is 0 Å². The lowest BCUT2D eigenvalue weighted by Crippen LogP contribution is -2.38. The average Bonchev–Trinajstić information content (AvgIpc) is 2.99. The molecule has 1 aromatic carbocycles. The van der Waals surface area contributed by atoms with Crippen molar-refractivity contribution in [1.82, 2.24) is 4.90 Å². The van der Waals surface area contributed by atoms with Gasteiger partial charge in [0.15, 0.2) is 0 Å². The Morgan fingerprint density at radius 2 is 2.21 bits per heavy atom. The molecule has 19 heavy (non-hydrogen) atoms. The number of nitro groups is 1. The van der Waals surface area contributed by atoms with Crippen LogP contribution in [0.4, 0.5) is 11.4 Å². The maximum atomic E-state index is 12.5. The molecule has 2 bridgehead atoms. The number of nitrogen functional groups attached to an aromatic ring is 1. The van der Waals surface area contributed by atoms with Crippen molar-refractivity contribution >= 4 is 17.3 Å². The van der Waals surface area contributed by atoms with E-state index in [-0.39, 0.29) is 28.9 Å². The molecule has 1 amide bonds. The van der Waals surface area contributed by atoms with E-state index in [9.17, 15) is 14.9 Å². The van der Waals surface area contributed by atoms with Gasteiger partial charge in [-0.15, -0.1) is 0 Å². The van der Waals surface area contributed by atoms with Gasteiger partial charge in [-0.25, -0.2) is 0 Å². The fourth-order valence-corrected chi connectivity index (χ4v) is 3.27. The fourth-order valence-electron chi connectivity index (χ4n) is 3.27. The van der Waals surface area contributed by atoms with Crippen molar-refractivity contribution in [3.05, 3.63) is 33.9 Å². The zero-order chi connectivity index (χ0) is 13.6. The maximum Gasteiger partial charge on any atom is 0.304 e. The first-order chi connectivity index (χ1) is 9.08. The summed E-state index contributed by atoms with van der Waals surface area (Å²) in [6, 6.07) is 4.77. The van der Waals surface area contributed by atoms with Gasteiger partial charge in [-0.2, -0.15) is 0 Å². The van der Waals surface area contributed by atoms with Crippen molar-refractivity contribution in [2.24, 2.45) is 5.92 Å².